The van der Waals surface area contributed by atoms with Crippen LogP contribution in [-0.4, -0.2) is 44.7 Å². The molecule has 0 spiro atoms. The monoisotopic (exact) mass is 411 g/mol. The Kier molecular flexibility index (Phi) is 4.64. The standard InChI is InChI=1S/C24H40O5/c1-13(4-7-21(28)29)16-5-6-17-22-18(12-20(27)24(16,17)3)23(2)9-8-15(25)10-14(23)11-19(22)26/h13-20,22,25-27H,4-12H2,1-3H3,(H,28,29)/t13-,14+,15-,16-,17+,18+,19+,20-,22+,23+,24-/m1/s1/i12D2,20D. The van der Waals surface area contributed by atoms with E-state index in [-0.39, 0.29) is 36.0 Å². The molecule has 0 unspecified atom stereocenters. The molecule has 0 aromatic heterocycles. The molecular weight excluding hydrogens is 368 g/mol. The number of aliphatic hydroxyl groups is 3. The van der Waals surface area contributed by atoms with Crippen LogP contribution >= 0.6 is 0 Å². The Morgan fingerprint density at radius 1 is 1.17 bits per heavy atom. The Morgan fingerprint density at radius 2 is 1.90 bits per heavy atom. The SMILES string of the molecule is [2H]C1([2H])[C@H]2[C@@H]([C@@H](O)C[C@@H]3C[C@H](O)CC[C@@]32C)[C@@H]2CC[C@H]([C@H](C)CCC(=O)O)[C@@]2(C)[C@]1([2H])O. The van der Waals surface area contributed by atoms with Gasteiger partial charge in [0.15, 0.2) is 0 Å². The number of carboxylic acid groups (broad SMARTS) is 1. The minimum Gasteiger partial charge on any atom is -0.481 e. The second-order valence-corrected chi connectivity index (χ2v) is 11.0. The number of carboxylic acids is 1. The molecule has 0 heterocycles. The molecule has 5 heteroatoms. The zero-order valence-electron chi connectivity index (χ0n) is 21.0. The predicted octanol–water partition coefficient (Wildman–Crippen LogP) is 3.45. The minimum atomic E-state index is -2.36. The third-order valence-electron chi connectivity index (χ3n) is 9.67. The van der Waals surface area contributed by atoms with E-state index < -0.39 is 47.4 Å². The highest BCUT2D eigenvalue weighted by Crippen LogP contribution is 2.68. The zero-order chi connectivity index (χ0) is 23.9. The fourth-order valence-corrected chi connectivity index (χ4v) is 7.95. The van der Waals surface area contributed by atoms with E-state index in [0.29, 0.717) is 44.9 Å². The minimum absolute atomic E-state index is 0.0124. The van der Waals surface area contributed by atoms with Crippen LogP contribution in [0.25, 0.3) is 0 Å². The van der Waals surface area contributed by atoms with Crippen LogP contribution in [0.15, 0.2) is 0 Å². The molecule has 0 aliphatic heterocycles. The molecule has 4 saturated carbocycles. The van der Waals surface area contributed by atoms with Crippen molar-refractivity contribution in [1.29, 1.82) is 0 Å². The van der Waals surface area contributed by atoms with Gasteiger partial charge in [-0.25, -0.2) is 0 Å². The number of rotatable bonds is 4. The summed E-state index contributed by atoms with van der Waals surface area (Å²) >= 11 is 0. The molecule has 11 atom stereocenters. The number of fused-ring (bicyclic) bond motifs is 5. The molecule has 5 nitrogen and oxygen atoms in total. The molecular formula is C24H40O5. The van der Waals surface area contributed by atoms with Gasteiger partial charge in [0.25, 0.3) is 0 Å². The van der Waals surface area contributed by atoms with Gasteiger partial charge >= 0.3 is 5.97 Å². The van der Waals surface area contributed by atoms with Gasteiger partial charge in [-0.15, -0.1) is 0 Å². The number of aliphatic carboxylic acids is 1. The average molecular weight is 412 g/mol. The highest BCUT2D eigenvalue weighted by Gasteiger charge is 2.65. The van der Waals surface area contributed by atoms with Crippen molar-refractivity contribution in [3.63, 3.8) is 0 Å². The van der Waals surface area contributed by atoms with E-state index >= 15 is 0 Å². The molecule has 4 aliphatic carbocycles. The molecule has 0 bridgehead atoms. The van der Waals surface area contributed by atoms with Gasteiger partial charge in [-0.1, -0.05) is 20.8 Å². The lowest BCUT2D eigenvalue weighted by Crippen LogP contribution is -2.62. The Bertz CT molecular complexity index is 760. The van der Waals surface area contributed by atoms with Gasteiger partial charge in [0.1, 0.15) is 0 Å². The van der Waals surface area contributed by atoms with Crippen molar-refractivity contribution >= 4 is 5.97 Å². The van der Waals surface area contributed by atoms with Gasteiger partial charge in [-0.2, -0.15) is 0 Å². The lowest BCUT2D eigenvalue weighted by atomic mass is 9.43. The summed E-state index contributed by atoms with van der Waals surface area (Å²) in [6, 6.07) is 0. The summed E-state index contributed by atoms with van der Waals surface area (Å²) in [5.41, 5.74) is -1.57. The summed E-state index contributed by atoms with van der Waals surface area (Å²) in [6.45, 7) is 5.82. The van der Waals surface area contributed by atoms with Crippen molar-refractivity contribution in [2.24, 2.45) is 46.3 Å². The predicted molar refractivity (Wildman–Crippen MR) is 110 cm³/mol. The molecule has 166 valence electrons. The van der Waals surface area contributed by atoms with Crippen LogP contribution in [0.3, 0.4) is 0 Å². The lowest BCUT2D eigenvalue weighted by Gasteiger charge is -2.63. The maximum Gasteiger partial charge on any atom is 0.303 e. The third-order valence-corrected chi connectivity index (χ3v) is 9.67. The molecule has 4 rings (SSSR count). The molecule has 0 aromatic carbocycles. The smallest absolute Gasteiger partial charge is 0.303 e. The molecule has 4 aliphatic rings. The summed E-state index contributed by atoms with van der Waals surface area (Å²) in [6.07, 6.45) is -1.67. The highest BCUT2D eigenvalue weighted by molar-refractivity contribution is 5.66. The van der Waals surface area contributed by atoms with Gasteiger partial charge in [-0.3, -0.25) is 4.79 Å². The van der Waals surface area contributed by atoms with Crippen LogP contribution in [0.5, 0.6) is 0 Å². The molecule has 4 fully saturated rings. The van der Waals surface area contributed by atoms with Crippen LogP contribution in [0, 0.1) is 46.3 Å². The van der Waals surface area contributed by atoms with Crippen LogP contribution in [-0.2, 0) is 4.79 Å². The fourth-order valence-electron chi connectivity index (χ4n) is 7.95. The van der Waals surface area contributed by atoms with Gasteiger partial charge in [-0.05, 0) is 97.7 Å². The van der Waals surface area contributed by atoms with Crippen molar-refractivity contribution in [2.45, 2.75) is 96.8 Å². The van der Waals surface area contributed by atoms with Crippen molar-refractivity contribution in [3.8, 4) is 0 Å². The molecule has 29 heavy (non-hydrogen) atoms. The second-order valence-electron chi connectivity index (χ2n) is 11.0. The van der Waals surface area contributed by atoms with Crippen LogP contribution in [0.2, 0.25) is 0 Å². The van der Waals surface area contributed by atoms with E-state index in [1.54, 1.807) is 0 Å². The number of aliphatic hydroxyl groups excluding tert-OH is 2. The summed E-state index contributed by atoms with van der Waals surface area (Å²) in [7, 11) is 0. The van der Waals surface area contributed by atoms with Crippen LogP contribution in [0.1, 0.15) is 82.6 Å². The second kappa shape index (κ2) is 7.49. The maximum absolute atomic E-state index is 11.8. The van der Waals surface area contributed by atoms with E-state index in [2.05, 4.69) is 0 Å². The summed E-state index contributed by atoms with van der Waals surface area (Å²) in [4.78, 5) is 11.1. The van der Waals surface area contributed by atoms with Crippen molar-refractivity contribution in [2.75, 3.05) is 0 Å². The topological polar surface area (TPSA) is 98.0 Å². The van der Waals surface area contributed by atoms with Crippen molar-refractivity contribution in [3.05, 3.63) is 0 Å². The quantitative estimate of drug-likeness (QED) is 0.568. The van der Waals surface area contributed by atoms with E-state index in [1.165, 1.54) is 0 Å². The molecule has 0 radical (unpaired) electrons. The Balaban J connectivity index is 1.77. The van der Waals surface area contributed by atoms with Gasteiger partial charge in [0, 0.05) is 9.16 Å². The van der Waals surface area contributed by atoms with Gasteiger partial charge in [0.05, 0.1) is 19.7 Å². The average Bonchev–Trinajstić information content (AvgIpc) is 3.04. The first-order chi connectivity index (χ1) is 14.7. The lowest BCUT2D eigenvalue weighted by molar-refractivity contribution is -0.207. The molecule has 0 amide bonds. The molecule has 0 aromatic rings. The van der Waals surface area contributed by atoms with Crippen molar-refractivity contribution < 1.29 is 29.3 Å². The molecule has 4 N–H and O–H groups in total. The Morgan fingerprint density at radius 3 is 2.59 bits per heavy atom. The first kappa shape index (κ1) is 18.0. The van der Waals surface area contributed by atoms with Gasteiger partial charge in [0.2, 0.25) is 0 Å². The number of hydrogen-bond acceptors (Lipinski definition) is 4. The van der Waals surface area contributed by atoms with Gasteiger partial charge < -0.3 is 20.4 Å². The third kappa shape index (κ3) is 3.27. The Hall–Kier alpha value is -0.650. The van der Waals surface area contributed by atoms with Crippen molar-refractivity contribution in [1.82, 2.24) is 0 Å². The van der Waals surface area contributed by atoms with Crippen LogP contribution in [0.4, 0.5) is 0 Å². The normalized spacial score (nSPS) is 58.7. The fraction of sp³-hybridized carbons (Fsp3) is 0.958. The number of carbonyl (C=O) groups is 1. The number of hydrogen-bond donors (Lipinski definition) is 4. The van der Waals surface area contributed by atoms with E-state index in [4.69, 9.17) is 6.48 Å². The summed E-state index contributed by atoms with van der Waals surface area (Å²) < 4.78 is 27.5. The first-order valence-corrected chi connectivity index (χ1v) is 11.5. The largest absolute Gasteiger partial charge is 0.481 e. The van der Waals surface area contributed by atoms with E-state index in [9.17, 15) is 22.9 Å². The Labute approximate surface area is 179 Å². The highest BCUT2D eigenvalue weighted by atomic mass is 16.4. The summed E-state index contributed by atoms with van der Waals surface area (Å²) in [5, 5.41) is 42.5. The first-order valence-electron chi connectivity index (χ1n) is 13.0. The zero-order valence-corrected chi connectivity index (χ0v) is 18.0. The van der Waals surface area contributed by atoms with E-state index in [0.717, 1.165) is 0 Å². The maximum atomic E-state index is 11.8. The molecule has 0 saturated heterocycles. The van der Waals surface area contributed by atoms with Crippen LogP contribution < -0.4 is 0 Å². The van der Waals surface area contributed by atoms with E-state index in [1.807, 2.05) is 20.8 Å². The summed E-state index contributed by atoms with van der Waals surface area (Å²) in [5.74, 6) is -2.38.